The predicted molar refractivity (Wildman–Crippen MR) is 369 cm³/mol. The molecular formula is C65H99F6N17O20. The minimum atomic E-state index is -5.08. The minimum absolute atomic E-state index is 0.0108. The van der Waals surface area contributed by atoms with E-state index in [0.29, 0.717) is 0 Å². The van der Waals surface area contributed by atoms with Gasteiger partial charge in [0.1, 0.15) is 54.4 Å². The van der Waals surface area contributed by atoms with Crippen LogP contribution in [0.15, 0.2) is 59.7 Å². The number of rotatable bonds is 22. The Morgan fingerprint density at radius 2 is 1.13 bits per heavy atom. The first-order chi connectivity index (χ1) is 49.9. The van der Waals surface area contributed by atoms with Crippen molar-refractivity contribution in [3.8, 4) is 0 Å². The van der Waals surface area contributed by atoms with Crippen LogP contribution >= 0.6 is 0 Å². The third-order valence-corrected chi connectivity index (χ3v) is 15.6. The molecule has 0 spiro atoms. The Hall–Kier alpha value is -10.4. The Morgan fingerprint density at radius 1 is 0.630 bits per heavy atom. The van der Waals surface area contributed by atoms with Gasteiger partial charge in [0.05, 0.1) is 37.4 Å². The molecule has 1 saturated heterocycles. The first kappa shape index (κ1) is 95.6. The minimum Gasteiger partial charge on any atom is -0.475 e. The molecule has 0 saturated carbocycles. The van der Waals surface area contributed by atoms with Gasteiger partial charge in [0.2, 0.25) is 70.9 Å². The molecule has 3 rings (SSSR count). The number of amides is 12. The van der Waals surface area contributed by atoms with Gasteiger partial charge in [0.15, 0.2) is 12.1 Å². The monoisotopic (exact) mass is 1550 g/mol. The number of aliphatic carboxylic acids is 2. The average Bonchev–Trinajstić information content (AvgIpc) is 0.809. The van der Waals surface area contributed by atoms with E-state index < -0.39 is 216 Å². The molecule has 1 aromatic carbocycles. The smallest absolute Gasteiger partial charge is 0.475 e. The van der Waals surface area contributed by atoms with Crippen LogP contribution in [0.1, 0.15) is 119 Å². The Bertz CT molecular complexity index is 3380. The van der Waals surface area contributed by atoms with Gasteiger partial charge in [0, 0.05) is 24.9 Å². The van der Waals surface area contributed by atoms with Crippen LogP contribution in [0.5, 0.6) is 0 Å². The summed E-state index contributed by atoms with van der Waals surface area (Å²) in [5.74, 6) is -22.2. The molecular weight excluding hydrogens is 1450 g/mol. The van der Waals surface area contributed by atoms with Gasteiger partial charge in [-0.15, -0.1) is 0 Å². The van der Waals surface area contributed by atoms with Crippen LogP contribution in [0.3, 0.4) is 0 Å². The summed E-state index contributed by atoms with van der Waals surface area (Å²) in [5, 5.41) is 85.4. The van der Waals surface area contributed by atoms with Crippen LogP contribution < -0.4 is 81.4 Å². The molecule has 1 aliphatic rings. The maximum atomic E-state index is 15.5. The number of alkyl halides is 6. The van der Waals surface area contributed by atoms with Gasteiger partial charge in [0.25, 0.3) is 0 Å². The Balaban J connectivity index is 0.00000377. The van der Waals surface area contributed by atoms with Crippen LogP contribution in [0.2, 0.25) is 0 Å². The molecule has 1 aliphatic heterocycles. The summed E-state index contributed by atoms with van der Waals surface area (Å²) in [5.41, 5.74) is 22.6. The number of nitrogens with zero attached hydrogens (tertiary/aromatic N) is 2. The second-order valence-corrected chi connectivity index (χ2v) is 26.8. The second-order valence-electron chi connectivity index (χ2n) is 26.8. The van der Waals surface area contributed by atoms with E-state index >= 15 is 9.59 Å². The van der Waals surface area contributed by atoms with Gasteiger partial charge in [-0.25, -0.2) is 9.59 Å². The molecule has 108 heavy (non-hydrogen) atoms. The maximum Gasteiger partial charge on any atom is 0.490 e. The van der Waals surface area contributed by atoms with Crippen LogP contribution in [0, 0.1) is 23.2 Å². The van der Waals surface area contributed by atoms with E-state index in [1.165, 1.54) is 44.3 Å². The molecule has 15 atom stereocenters. The number of aliphatic imine (C=N–C) groups is 1. The van der Waals surface area contributed by atoms with Gasteiger partial charge >= 0.3 is 24.3 Å². The molecule has 2 aromatic rings. The molecule has 0 bridgehead atoms. The number of pyridine rings is 1. The van der Waals surface area contributed by atoms with E-state index in [0.717, 1.165) is 6.92 Å². The average molecular weight is 1550 g/mol. The summed E-state index contributed by atoms with van der Waals surface area (Å²) >= 11 is 0. The topological polar surface area (TPSA) is 622 Å². The second kappa shape index (κ2) is 44.7. The molecule has 25 N–H and O–H groups in total. The number of carboxylic acids is 2. The van der Waals surface area contributed by atoms with Gasteiger partial charge in [-0.2, -0.15) is 26.3 Å². The number of carbonyl (C=O) groups excluding carboxylic acids is 12. The molecule has 12 amide bonds. The van der Waals surface area contributed by atoms with Crippen LogP contribution in [-0.2, 0) is 73.5 Å². The highest BCUT2D eigenvalue weighted by atomic mass is 19.4. The predicted octanol–water partition coefficient (Wildman–Crippen LogP) is -4.61. The Morgan fingerprint density at radius 3 is 1.61 bits per heavy atom. The van der Waals surface area contributed by atoms with E-state index in [2.05, 4.69) is 63.1 Å². The number of aliphatic hydroxyl groups excluding tert-OH is 4. The van der Waals surface area contributed by atoms with Crippen LogP contribution in [0.4, 0.5) is 26.3 Å². The Kier molecular flexibility index (Phi) is 39.5. The number of benzene rings is 1. The summed E-state index contributed by atoms with van der Waals surface area (Å²) in [6, 6.07) is -7.77. The SMILES string of the molecule is CC[C@H](C)[C@@H]1NC(=O)[C@@H](CCCN=C(N)N)NC(=O)[C@H](CC(C)C)NC(=O)[C@H]([C@H](O)C(C)C)NC(=O)[C@@H](NC(=O)[C@H](Cc2ccccn2)NC(=O)[C@H](N)CC(C)(C)C)[C@@H](c2ccccc2)NC(=O)[C@H](CO)NC(=O)[C@H]([C@H](O)C(N)=O)NC(=O)CNC(=O)[C@H]([C@H](C)O)NC1=O.O=C(O)C(F)(F)F.O=C(O)C(F)(F)F. The highest BCUT2D eigenvalue weighted by molar-refractivity contribution is 6.01. The zero-order chi connectivity index (χ0) is 83.1. The number of nitrogens with one attached hydrogen (secondary N) is 11. The van der Waals surface area contributed by atoms with Crippen molar-refractivity contribution in [2.75, 3.05) is 19.7 Å². The third-order valence-electron chi connectivity index (χ3n) is 15.6. The zero-order valence-corrected chi connectivity index (χ0v) is 60.7. The fourth-order valence-corrected chi connectivity index (χ4v) is 9.75. The molecule has 1 aromatic heterocycles. The van der Waals surface area contributed by atoms with Crippen molar-refractivity contribution in [1.29, 1.82) is 0 Å². The lowest BCUT2D eigenvalue weighted by Crippen LogP contribution is -2.65. The molecule has 0 radical (unpaired) electrons. The van der Waals surface area contributed by atoms with Gasteiger partial charge < -0.3 is 112 Å². The molecule has 1 fully saturated rings. The quantitative estimate of drug-likeness (QED) is 0.0228. The van der Waals surface area contributed by atoms with Crippen molar-refractivity contribution in [3.05, 3.63) is 66.0 Å². The van der Waals surface area contributed by atoms with E-state index in [4.69, 9.17) is 42.7 Å². The van der Waals surface area contributed by atoms with E-state index in [1.54, 1.807) is 52.0 Å². The standard InChI is InChI=1S/C61H97N17O16.2C2HF3O2/c1-11-31(6)41-56(91)75-42(32(7)80)55(90)68-27-40(81)73-46(48(83)49(63)84)59(94)72-39(28-79)54(89)76-43(33-18-13-12-14-19-33)44(77-53(88)38(25-34-20-15-16-22-66-34)70-50(85)35(62)26-61(8,9)10)57(92)78-45(47(82)30(4)5)58(93)71-37(24-29(2)3)52(87)69-36(51(86)74-41)21-17-23-67-60(64)65;2*3-2(4,5)1(6)7/h12-16,18-20,22,29-32,35-39,41-48,79-80,82-83H,11,17,21,23-28,62H2,1-10H3,(H2,63,84)(H,68,90)(H,69,87)(H,70,85)(H,71,93)(H,72,94)(H,73,81)(H,74,86)(H,75,91)(H,76,89)(H,77,88)(H,78,92)(H4,64,65,67);2*(H,6,7)/t31-,32-,35+,36+,37-,38-,39-,41-,42-,43+,44-,45-,46-,47+,48-;;/m0../s1. The van der Waals surface area contributed by atoms with Crippen molar-refractivity contribution < 1.29 is 124 Å². The van der Waals surface area contributed by atoms with Crippen molar-refractivity contribution in [1.82, 2.24) is 63.5 Å². The number of primary amides is 1. The van der Waals surface area contributed by atoms with Crippen molar-refractivity contribution >= 4 is 88.8 Å². The summed E-state index contributed by atoms with van der Waals surface area (Å²) in [4.78, 5) is 197. The summed E-state index contributed by atoms with van der Waals surface area (Å²) < 4.78 is 63.5. The zero-order valence-electron chi connectivity index (χ0n) is 60.7. The molecule has 43 heteroatoms. The maximum absolute atomic E-state index is 15.5. The van der Waals surface area contributed by atoms with Crippen molar-refractivity contribution in [2.45, 2.75) is 205 Å². The fraction of sp³-hybridized carbons (Fsp3) is 0.600. The van der Waals surface area contributed by atoms with E-state index in [9.17, 15) is 94.7 Å². The number of nitrogens with two attached hydrogens (primary N) is 4. The lowest BCUT2D eigenvalue weighted by Gasteiger charge is -2.34. The Labute approximate surface area is 616 Å². The third kappa shape index (κ3) is 34.0. The number of halogens is 6. The number of hydrogen-bond acceptors (Lipinski definition) is 21. The molecule has 2 heterocycles. The highest BCUT2D eigenvalue weighted by Gasteiger charge is 2.44. The highest BCUT2D eigenvalue weighted by Crippen LogP contribution is 2.23. The summed E-state index contributed by atoms with van der Waals surface area (Å²) in [6.07, 6.45) is -15.1. The number of aromatic nitrogens is 1. The lowest BCUT2D eigenvalue weighted by molar-refractivity contribution is -0.193. The number of carbonyl (C=O) groups is 14. The first-order valence-corrected chi connectivity index (χ1v) is 33.5. The largest absolute Gasteiger partial charge is 0.490 e. The summed E-state index contributed by atoms with van der Waals surface area (Å²) in [7, 11) is 0. The molecule has 0 aliphatic carbocycles. The number of aliphatic hydroxyl groups is 4. The molecule has 606 valence electrons. The number of carboxylic acid groups (broad SMARTS) is 2. The van der Waals surface area contributed by atoms with Crippen molar-refractivity contribution in [2.24, 2.45) is 51.1 Å². The van der Waals surface area contributed by atoms with Gasteiger partial charge in [-0.05, 0) is 73.5 Å². The van der Waals surface area contributed by atoms with Crippen molar-refractivity contribution in [3.63, 3.8) is 0 Å². The number of hydrogen-bond donors (Lipinski definition) is 21. The molecule has 37 nitrogen and oxygen atoms in total. The summed E-state index contributed by atoms with van der Waals surface area (Å²) in [6.45, 7) is 13.8. The van der Waals surface area contributed by atoms with Gasteiger partial charge in [-0.3, -0.25) is 67.5 Å². The van der Waals surface area contributed by atoms with E-state index in [1.807, 2.05) is 26.1 Å². The molecule has 0 unspecified atom stereocenters. The van der Waals surface area contributed by atoms with Crippen LogP contribution in [-0.4, -0.2) is 235 Å². The number of guanidine groups is 1. The van der Waals surface area contributed by atoms with Gasteiger partial charge in [-0.1, -0.05) is 105 Å². The van der Waals surface area contributed by atoms with E-state index in [-0.39, 0.29) is 62.3 Å². The normalized spacial score (nSPS) is 22.5. The lowest BCUT2D eigenvalue weighted by atomic mass is 9.88. The fourth-order valence-electron chi connectivity index (χ4n) is 9.75. The van der Waals surface area contributed by atoms with Crippen LogP contribution in [0.25, 0.3) is 0 Å². The first-order valence-electron chi connectivity index (χ1n) is 33.5.